The molecule has 11 rings (SSSR count). The first-order valence-electron chi connectivity index (χ1n) is 21.2. The van der Waals surface area contributed by atoms with Gasteiger partial charge in [-0.1, -0.05) is 154 Å². The molecule has 0 aromatic heterocycles. The second-order valence-corrected chi connectivity index (χ2v) is 23.1. The third kappa shape index (κ3) is 6.51. The molecule has 6 heteroatoms. The first-order chi connectivity index (χ1) is 30.0. The number of hydrogen-bond donors (Lipinski definition) is 0. The molecule has 0 spiro atoms. The van der Waals surface area contributed by atoms with Crippen molar-refractivity contribution in [1.29, 1.82) is 0 Å². The fraction of sp³-hybridized carbons (Fsp3) is 0.164. The van der Waals surface area contributed by atoms with Gasteiger partial charge in [-0.25, -0.2) is 0 Å². The van der Waals surface area contributed by atoms with E-state index in [1.54, 1.807) is 21.5 Å². The predicted octanol–water partition coefficient (Wildman–Crippen LogP) is 13.5. The van der Waals surface area contributed by atoms with Crippen LogP contribution in [-0.4, -0.2) is 23.0 Å². The van der Waals surface area contributed by atoms with E-state index in [0.29, 0.717) is 0 Å². The van der Waals surface area contributed by atoms with E-state index < -0.39 is 29.6 Å². The minimum absolute atomic E-state index is 0.0866. The molecular formula is C55H46Cl2O2SiZr. The van der Waals surface area contributed by atoms with Crippen molar-refractivity contribution in [2.45, 2.75) is 44.6 Å². The number of allylic oxidation sites excluding steroid dienone is 6. The molecule has 3 unspecified atom stereocenters. The van der Waals surface area contributed by atoms with Crippen molar-refractivity contribution in [1.82, 2.24) is 0 Å². The van der Waals surface area contributed by atoms with Gasteiger partial charge in [-0.2, -0.15) is 21.5 Å². The molecule has 0 fully saturated rings. The number of halogens is 2. The topological polar surface area (TPSA) is 18.5 Å². The maximum atomic E-state index is 6.19. The van der Waals surface area contributed by atoms with Crippen molar-refractivity contribution in [3.8, 4) is 11.5 Å². The Hall–Kier alpha value is -4.70. The zero-order valence-corrected chi connectivity index (χ0v) is 40.0. The second-order valence-electron chi connectivity index (χ2n) is 16.5. The van der Waals surface area contributed by atoms with E-state index in [2.05, 4.69) is 166 Å². The van der Waals surface area contributed by atoms with Gasteiger partial charge in [0.1, 0.15) is 11.5 Å². The molecular weight excluding hydrogens is 883 g/mol. The van der Waals surface area contributed by atoms with Crippen LogP contribution in [0.15, 0.2) is 140 Å². The number of fused-ring (bicyclic) bond motifs is 10. The molecule has 2 nitrogen and oxygen atoms in total. The van der Waals surface area contributed by atoms with Crippen molar-refractivity contribution < 1.29 is 30.3 Å². The van der Waals surface area contributed by atoms with E-state index in [0.717, 1.165) is 17.9 Å². The van der Waals surface area contributed by atoms with Gasteiger partial charge in [0.15, 0.2) is 0 Å². The summed E-state index contributed by atoms with van der Waals surface area (Å²) in [6, 6.07) is 39.3. The van der Waals surface area contributed by atoms with Crippen LogP contribution in [0.5, 0.6) is 11.5 Å². The Morgan fingerprint density at radius 3 is 1.51 bits per heavy atom. The van der Waals surface area contributed by atoms with Crippen LogP contribution in [0.3, 0.4) is 0 Å². The Balaban J connectivity index is 0.00000144. The Morgan fingerprint density at radius 2 is 1.03 bits per heavy atom. The zero-order chi connectivity index (χ0) is 41.8. The van der Waals surface area contributed by atoms with E-state index >= 15 is 0 Å². The minimum atomic E-state index is -1.84. The summed E-state index contributed by atoms with van der Waals surface area (Å²) in [5.74, 6) is 2.10. The molecule has 2 bridgehead atoms. The Morgan fingerprint density at radius 1 is 0.590 bits per heavy atom. The summed E-state index contributed by atoms with van der Waals surface area (Å²) in [6.45, 7) is 4.86. The summed E-state index contributed by atoms with van der Waals surface area (Å²) in [5.41, 5.74) is 13.2. The van der Waals surface area contributed by atoms with E-state index in [-0.39, 0.29) is 11.8 Å². The molecule has 0 amide bonds. The maximum absolute atomic E-state index is 6.19. The molecule has 300 valence electrons. The van der Waals surface area contributed by atoms with Gasteiger partial charge in [0.2, 0.25) is 0 Å². The van der Waals surface area contributed by atoms with Crippen LogP contribution in [0, 0.1) is 13.8 Å². The van der Waals surface area contributed by atoms with Crippen LogP contribution in [0.1, 0.15) is 68.3 Å². The van der Waals surface area contributed by atoms with Gasteiger partial charge in [-0.15, -0.1) is 58.2 Å². The van der Waals surface area contributed by atoms with Crippen LogP contribution in [-0.2, 0) is 27.3 Å². The van der Waals surface area contributed by atoms with E-state index in [4.69, 9.17) is 26.5 Å². The summed E-state index contributed by atoms with van der Waals surface area (Å²) < 4.78 is 12.4. The van der Waals surface area contributed by atoms with Gasteiger partial charge in [-0.3, -0.25) is 0 Å². The predicted molar refractivity (Wildman–Crippen MR) is 261 cm³/mol. The fourth-order valence-corrected chi connectivity index (χ4v) is 15.7. The summed E-state index contributed by atoms with van der Waals surface area (Å²) >= 11 is -0.826. The quantitative estimate of drug-likeness (QED) is 0.0973. The summed E-state index contributed by atoms with van der Waals surface area (Å²) in [7, 11) is 11.7. The van der Waals surface area contributed by atoms with Crippen LogP contribution in [0.4, 0.5) is 0 Å². The molecule has 3 atom stereocenters. The monoisotopic (exact) mass is 926 g/mol. The van der Waals surface area contributed by atoms with Crippen LogP contribution in [0.25, 0.3) is 55.2 Å². The molecule has 61 heavy (non-hydrogen) atoms. The van der Waals surface area contributed by atoms with Crippen molar-refractivity contribution in [2.75, 3.05) is 14.2 Å². The normalized spacial score (nSPS) is 17.6. The molecule has 2 aliphatic carbocycles. The number of hydrogen-bond acceptors (Lipinski definition) is 2. The number of aryl methyl sites for hydroxylation is 1. The first kappa shape index (κ1) is 40.4. The van der Waals surface area contributed by atoms with Crippen LogP contribution < -0.4 is 19.8 Å². The number of benzene rings is 6. The summed E-state index contributed by atoms with van der Waals surface area (Å²) in [6.07, 6.45) is 21.3. The summed E-state index contributed by atoms with van der Waals surface area (Å²) in [4.78, 5) is 0. The molecule has 8 aromatic carbocycles. The van der Waals surface area contributed by atoms with Gasteiger partial charge in [0.05, 0.1) is 14.2 Å². The first-order valence-corrected chi connectivity index (χ1v) is 29.5. The fourth-order valence-electron chi connectivity index (χ4n) is 11.5. The van der Waals surface area contributed by atoms with Crippen LogP contribution in [0.2, 0.25) is 6.04 Å². The van der Waals surface area contributed by atoms with E-state index in [1.807, 2.05) is 14.2 Å². The van der Waals surface area contributed by atoms with E-state index in [9.17, 15) is 0 Å². The Kier molecular flexibility index (Phi) is 11.2. The molecule has 3 aliphatic rings. The number of rotatable bonds is 5. The van der Waals surface area contributed by atoms with Crippen molar-refractivity contribution in [3.05, 3.63) is 190 Å². The molecule has 8 aromatic rings. The zero-order valence-electron chi connectivity index (χ0n) is 34.9. The van der Waals surface area contributed by atoms with Gasteiger partial charge in [0, 0.05) is 21.5 Å². The number of ether oxygens (including phenoxy) is 2. The molecule has 0 saturated carbocycles. The molecule has 1 aliphatic heterocycles. The van der Waals surface area contributed by atoms with Gasteiger partial charge in [-0.05, 0) is 53.3 Å². The summed E-state index contributed by atoms with van der Waals surface area (Å²) in [5, 5.41) is 13.1. The molecule has 0 N–H and O–H groups in total. The van der Waals surface area contributed by atoms with Crippen molar-refractivity contribution >= 4 is 91.4 Å². The van der Waals surface area contributed by atoms with Crippen molar-refractivity contribution in [2.24, 2.45) is 0 Å². The van der Waals surface area contributed by atoms with Crippen molar-refractivity contribution in [3.63, 3.8) is 0 Å². The standard InChI is InChI=1S/C55H46O2Si.2ClH.Zr/c1-33-32-35-18-5-6-28-46(49-38-20-7-12-24-42(38)52(56-3)43-25-13-8-21-39(43)49)48(35)54(33)58-31-17-30-36-34(2)55(58)51-37(36)19-11-16-29-47(51)50-40-22-9-14-26-44(40)53(57-4)45-27-15-10-23-41(45)50;;;/h5-16,18-29,32,46-47,58H,17,30-31H2,1-4H3;2*1H;/q-2;;;+4/p-2. The molecule has 1 heterocycles. The third-order valence-electron chi connectivity index (χ3n) is 13.6. The molecule has 0 radical (unpaired) electrons. The van der Waals surface area contributed by atoms with Gasteiger partial charge < -0.3 is 9.47 Å². The average molecular weight is 929 g/mol. The Bertz CT molecular complexity index is 3030. The van der Waals surface area contributed by atoms with E-state index in [1.165, 1.54) is 94.5 Å². The number of methoxy groups -OCH3 is 2. The molecule has 0 saturated heterocycles. The van der Waals surface area contributed by atoms with Gasteiger partial charge >= 0.3 is 37.9 Å². The third-order valence-corrected chi connectivity index (χ3v) is 17.5. The SMILES string of the molecule is COc1c2ccccc2c(C2C=CC=Cc3[cH-]c(C)c([SiH]4CCC[c-]5c(C)c4c4c5C=CC=CC4c4c5ccccc5c(OC)c5ccccc45)c32)c2ccccc12.[Cl][Zr+2][Cl]. The van der Waals surface area contributed by atoms with Crippen LogP contribution >= 0.6 is 17.0 Å². The second kappa shape index (κ2) is 16.9. The average Bonchev–Trinajstić information content (AvgIpc) is 3.44. The van der Waals surface area contributed by atoms with Gasteiger partial charge in [0.25, 0.3) is 0 Å². The Labute approximate surface area is 378 Å².